The normalized spacial score (nSPS) is 13.5. The molecule has 0 radical (unpaired) electrons. The summed E-state index contributed by atoms with van der Waals surface area (Å²) in [7, 11) is 0. The van der Waals surface area contributed by atoms with Crippen LogP contribution in [-0.2, 0) is 6.18 Å². The summed E-state index contributed by atoms with van der Waals surface area (Å²) in [5.41, 5.74) is 4.59. The zero-order valence-electron chi connectivity index (χ0n) is 12.9. The number of halogens is 3. The van der Waals surface area contributed by atoms with E-state index in [4.69, 9.17) is 0 Å². The number of alkyl halides is 3. The Balaban J connectivity index is 1.53. The van der Waals surface area contributed by atoms with E-state index in [2.05, 4.69) is 15.5 Å². The topological polar surface area (TPSA) is 36.8 Å². The molecule has 1 aliphatic rings. The Bertz CT molecular complexity index is 997. The minimum absolute atomic E-state index is 0.565. The van der Waals surface area contributed by atoms with Gasteiger partial charge in [-0.3, -0.25) is 5.43 Å². The summed E-state index contributed by atoms with van der Waals surface area (Å²) in [5.74, 6) is 0.620. The molecule has 1 heterocycles. The molecule has 3 nitrogen and oxygen atoms in total. The van der Waals surface area contributed by atoms with Crippen LogP contribution in [0.25, 0.3) is 10.8 Å². The average Bonchev–Trinajstić information content (AvgIpc) is 2.95. The molecule has 0 unspecified atom stereocenters. The predicted molar refractivity (Wildman–Crippen MR) is 92.3 cm³/mol. The van der Waals surface area contributed by atoms with Gasteiger partial charge >= 0.3 is 6.18 Å². The minimum atomic E-state index is -4.34. The largest absolute Gasteiger partial charge is 0.416 e. The van der Waals surface area contributed by atoms with E-state index in [0.29, 0.717) is 11.4 Å². The van der Waals surface area contributed by atoms with Crippen LogP contribution in [-0.4, -0.2) is 12.1 Å². The lowest BCUT2D eigenvalue weighted by molar-refractivity contribution is -0.137. The monoisotopic (exact) mass is 339 g/mol. The van der Waals surface area contributed by atoms with E-state index >= 15 is 0 Å². The number of hydrazone groups is 1. The standard InChI is InChI=1S/C19H12F3N3/c20-19(21,22)14-9-7-12(8-10-14)11-23-25-18-15-5-1-3-13-4-2-6-16(24-18)17(13)15/h1-11H,(H,24,25)/b23-11+. The lowest BCUT2D eigenvalue weighted by atomic mass is 10.0. The Hall–Kier alpha value is -3.15. The first-order chi connectivity index (χ1) is 12.0. The lowest BCUT2D eigenvalue weighted by Crippen LogP contribution is -2.17. The van der Waals surface area contributed by atoms with Gasteiger partial charge in [-0.2, -0.15) is 18.3 Å². The molecular formula is C19H12F3N3. The first-order valence-corrected chi connectivity index (χ1v) is 7.59. The van der Waals surface area contributed by atoms with Crippen LogP contribution >= 0.6 is 0 Å². The van der Waals surface area contributed by atoms with Crippen LogP contribution in [0, 0.1) is 0 Å². The highest BCUT2D eigenvalue weighted by molar-refractivity contribution is 6.18. The van der Waals surface area contributed by atoms with Crippen LogP contribution < -0.4 is 5.43 Å². The third-order valence-corrected chi connectivity index (χ3v) is 3.99. The van der Waals surface area contributed by atoms with Crippen molar-refractivity contribution in [3.8, 4) is 0 Å². The van der Waals surface area contributed by atoms with E-state index in [1.807, 2.05) is 36.4 Å². The summed E-state index contributed by atoms with van der Waals surface area (Å²) in [5, 5.41) is 6.26. The zero-order valence-corrected chi connectivity index (χ0v) is 12.9. The van der Waals surface area contributed by atoms with E-state index in [1.54, 1.807) is 0 Å². The van der Waals surface area contributed by atoms with Crippen molar-refractivity contribution in [2.75, 3.05) is 0 Å². The van der Waals surface area contributed by atoms with Gasteiger partial charge in [0.1, 0.15) is 0 Å². The van der Waals surface area contributed by atoms with Gasteiger partial charge in [0.15, 0.2) is 5.84 Å². The number of rotatable bonds is 2. The first kappa shape index (κ1) is 15.4. The van der Waals surface area contributed by atoms with Gasteiger partial charge in [-0.15, -0.1) is 0 Å². The highest BCUT2D eigenvalue weighted by Gasteiger charge is 2.29. The number of hydrogen-bond donors (Lipinski definition) is 1. The van der Waals surface area contributed by atoms with Crippen LogP contribution in [0.15, 0.2) is 70.8 Å². The first-order valence-electron chi connectivity index (χ1n) is 7.59. The van der Waals surface area contributed by atoms with Gasteiger partial charge in [0.2, 0.25) is 0 Å². The Morgan fingerprint density at radius 3 is 2.36 bits per heavy atom. The molecule has 3 aromatic carbocycles. The van der Waals surface area contributed by atoms with Gasteiger partial charge in [0, 0.05) is 10.9 Å². The third-order valence-electron chi connectivity index (χ3n) is 3.99. The van der Waals surface area contributed by atoms with Gasteiger partial charge in [0.25, 0.3) is 0 Å². The summed E-state index contributed by atoms with van der Waals surface area (Å²) < 4.78 is 37.7. The SMILES string of the molecule is FC(F)(F)c1ccc(/C=N/NC2=Nc3cccc4cccc2c34)cc1. The highest BCUT2D eigenvalue weighted by Crippen LogP contribution is 2.34. The molecular weight excluding hydrogens is 327 g/mol. The molecule has 4 rings (SSSR count). The van der Waals surface area contributed by atoms with Crippen molar-refractivity contribution >= 4 is 28.5 Å². The molecule has 0 fully saturated rings. The molecule has 124 valence electrons. The number of benzene rings is 3. The van der Waals surface area contributed by atoms with Crippen LogP contribution in [0.3, 0.4) is 0 Å². The second-order valence-corrected chi connectivity index (χ2v) is 5.63. The molecule has 0 aromatic heterocycles. The van der Waals surface area contributed by atoms with Crippen LogP contribution in [0.5, 0.6) is 0 Å². The Morgan fingerprint density at radius 2 is 1.64 bits per heavy atom. The highest BCUT2D eigenvalue weighted by atomic mass is 19.4. The van der Waals surface area contributed by atoms with Crippen molar-refractivity contribution < 1.29 is 13.2 Å². The van der Waals surface area contributed by atoms with Crippen molar-refractivity contribution in [2.24, 2.45) is 10.1 Å². The molecule has 25 heavy (non-hydrogen) atoms. The molecule has 0 spiro atoms. The maximum absolute atomic E-state index is 12.6. The molecule has 0 bridgehead atoms. The number of aliphatic imine (C=N–C) groups is 1. The lowest BCUT2D eigenvalue weighted by Gasteiger charge is -2.06. The fraction of sp³-hybridized carbons (Fsp3) is 0.0526. The Labute approximate surface area is 141 Å². The summed E-state index contributed by atoms with van der Waals surface area (Å²) in [6, 6.07) is 16.6. The second-order valence-electron chi connectivity index (χ2n) is 5.63. The molecule has 0 aliphatic carbocycles. The van der Waals surface area contributed by atoms with Gasteiger partial charge in [-0.1, -0.05) is 42.5 Å². The summed E-state index contributed by atoms with van der Waals surface area (Å²) >= 11 is 0. The zero-order chi connectivity index (χ0) is 17.4. The molecule has 1 aliphatic heterocycles. The van der Waals surface area contributed by atoms with Gasteiger partial charge in [-0.25, -0.2) is 4.99 Å². The van der Waals surface area contributed by atoms with E-state index in [-0.39, 0.29) is 0 Å². The van der Waals surface area contributed by atoms with Crippen molar-refractivity contribution in [1.82, 2.24) is 5.43 Å². The molecule has 6 heteroatoms. The van der Waals surface area contributed by atoms with Gasteiger partial charge in [-0.05, 0) is 29.1 Å². The van der Waals surface area contributed by atoms with Crippen molar-refractivity contribution in [3.05, 3.63) is 77.4 Å². The van der Waals surface area contributed by atoms with E-state index in [0.717, 1.165) is 34.2 Å². The Kier molecular flexibility index (Phi) is 3.53. The molecule has 0 saturated carbocycles. The Morgan fingerprint density at radius 1 is 0.920 bits per heavy atom. The average molecular weight is 339 g/mol. The van der Waals surface area contributed by atoms with Crippen molar-refractivity contribution in [1.29, 1.82) is 0 Å². The maximum atomic E-state index is 12.6. The van der Waals surface area contributed by atoms with E-state index < -0.39 is 11.7 Å². The van der Waals surface area contributed by atoms with Gasteiger partial charge < -0.3 is 0 Å². The number of nitrogens with one attached hydrogen (secondary N) is 1. The summed E-state index contributed by atoms with van der Waals surface area (Å²) in [4.78, 5) is 4.52. The molecule has 0 saturated heterocycles. The molecule has 0 amide bonds. The fourth-order valence-electron chi connectivity index (χ4n) is 2.80. The number of nitrogens with zero attached hydrogens (tertiary/aromatic N) is 2. The second kappa shape index (κ2) is 5.73. The van der Waals surface area contributed by atoms with Crippen LogP contribution in [0.1, 0.15) is 16.7 Å². The predicted octanol–water partition coefficient (Wildman–Crippen LogP) is 4.87. The van der Waals surface area contributed by atoms with Gasteiger partial charge in [0.05, 0.1) is 17.5 Å². The van der Waals surface area contributed by atoms with Crippen molar-refractivity contribution in [3.63, 3.8) is 0 Å². The summed E-state index contributed by atoms with van der Waals surface area (Å²) in [6.07, 6.45) is -2.87. The maximum Gasteiger partial charge on any atom is 0.416 e. The number of amidine groups is 1. The third kappa shape index (κ3) is 2.87. The quantitative estimate of drug-likeness (QED) is 0.525. The van der Waals surface area contributed by atoms with E-state index in [1.165, 1.54) is 18.3 Å². The molecule has 3 aromatic rings. The van der Waals surface area contributed by atoms with Crippen molar-refractivity contribution in [2.45, 2.75) is 6.18 Å². The van der Waals surface area contributed by atoms with Crippen LogP contribution in [0.2, 0.25) is 0 Å². The minimum Gasteiger partial charge on any atom is -0.261 e. The van der Waals surface area contributed by atoms with Crippen LogP contribution in [0.4, 0.5) is 18.9 Å². The molecule has 0 atom stereocenters. The summed E-state index contributed by atoms with van der Waals surface area (Å²) in [6.45, 7) is 0. The molecule has 1 N–H and O–H groups in total. The number of hydrogen-bond acceptors (Lipinski definition) is 3. The fourth-order valence-corrected chi connectivity index (χ4v) is 2.80. The van der Waals surface area contributed by atoms with E-state index in [9.17, 15) is 13.2 Å². The smallest absolute Gasteiger partial charge is 0.261 e.